The summed E-state index contributed by atoms with van der Waals surface area (Å²) in [5.41, 5.74) is 1.26. The van der Waals surface area contributed by atoms with Crippen LogP contribution in [0.2, 0.25) is 5.02 Å². The molecule has 0 radical (unpaired) electrons. The molecule has 2 aromatic rings. The van der Waals surface area contributed by atoms with Gasteiger partial charge in [0.05, 0.1) is 25.9 Å². The monoisotopic (exact) mass is 394 g/mol. The molecule has 0 spiro atoms. The smallest absolute Gasteiger partial charge is 0.356 e. The largest absolute Gasteiger partial charge is 0.464 e. The number of aliphatic hydroxyl groups is 1. The molecule has 0 bridgehead atoms. The second-order valence-corrected chi connectivity index (χ2v) is 6.88. The summed E-state index contributed by atoms with van der Waals surface area (Å²) in [7, 11) is 1.29. The van der Waals surface area contributed by atoms with Crippen LogP contribution in [0.3, 0.4) is 0 Å². The molecule has 1 aromatic carbocycles. The van der Waals surface area contributed by atoms with Crippen LogP contribution >= 0.6 is 11.6 Å². The van der Waals surface area contributed by atoms with Crippen LogP contribution in [0.15, 0.2) is 18.2 Å². The molecule has 9 heteroatoms. The maximum atomic E-state index is 12.6. The molecular weight excluding hydrogens is 372 g/mol. The summed E-state index contributed by atoms with van der Waals surface area (Å²) >= 11 is 6.07. The van der Waals surface area contributed by atoms with Crippen LogP contribution in [-0.4, -0.2) is 84.8 Å². The predicted octanol–water partition coefficient (Wildman–Crippen LogP) is 1.16. The number of hydrogen-bond acceptors (Lipinski definition) is 6. The van der Waals surface area contributed by atoms with Crippen molar-refractivity contribution in [1.29, 1.82) is 0 Å². The van der Waals surface area contributed by atoms with E-state index in [1.165, 1.54) is 7.11 Å². The number of nitrogens with zero attached hydrogens (tertiary/aromatic N) is 2. The summed E-state index contributed by atoms with van der Waals surface area (Å²) in [6, 6.07) is 5.15. The number of H-pyrrole nitrogens is 1. The normalized spacial score (nSPS) is 15.8. The van der Waals surface area contributed by atoms with E-state index < -0.39 is 5.97 Å². The molecule has 3 N–H and O–H groups in total. The zero-order valence-corrected chi connectivity index (χ0v) is 15.9. The molecular formula is C18H23ClN4O4. The minimum atomic E-state index is -0.560. The number of nitrogens with one attached hydrogen (secondary N) is 2. The third kappa shape index (κ3) is 4.59. The Kier molecular flexibility index (Phi) is 6.33. The highest BCUT2D eigenvalue weighted by atomic mass is 35.5. The minimum absolute atomic E-state index is 0.139. The molecule has 1 saturated heterocycles. The van der Waals surface area contributed by atoms with Crippen LogP contribution in [0.1, 0.15) is 10.5 Å². The fourth-order valence-corrected chi connectivity index (χ4v) is 3.42. The van der Waals surface area contributed by atoms with E-state index in [1.54, 1.807) is 18.2 Å². The summed E-state index contributed by atoms with van der Waals surface area (Å²) in [5, 5.41) is 13.0. The zero-order chi connectivity index (χ0) is 19.4. The lowest BCUT2D eigenvalue weighted by molar-refractivity contribution is -0.117. The van der Waals surface area contributed by atoms with E-state index in [2.05, 4.69) is 15.2 Å². The number of carbonyl (C=O) groups excluding carboxylic acids is 2. The van der Waals surface area contributed by atoms with Gasteiger partial charge < -0.3 is 20.1 Å². The number of aliphatic hydroxyl groups excluding tert-OH is 1. The summed E-state index contributed by atoms with van der Waals surface area (Å²) in [6.07, 6.45) is 0. The van der Waals surface area contributed by atoms with Crippen LogP contribution in [0.4, 0.5) is 5.69 Å². The molecule has 0 unspecified atom stereocenters. The Bertz CT molecular complexity index is 830. The SMILES string of the molecule is COC(=O)c1[nH]c2ccc(Cl)cc2c1NC(=O)CN1CCN(CCO)CC1. The van der Waals surface area contributed by atoms with Gasteiger partial charge in [0.15, 0.2) is 0 Å². The quantitative estimate of drug-likeness (QED) is 0.636. The number of halogens is 1. The van der Waals surface area contributed by atoms with Crippen LogP contribution in [0.5, 0.6) is 0 Å². The molecule has 0 saturated carbocycles. The highest BCUT2D eigenvalue weighted by molar-refractivity contribution is 6.31. The fourth-order valence-electron chi connectivity index (χ4n) is 3.24. The Morgan fingerprint density at radius 3 is 2.63 bits per heavy atom. The summed E-state index contributed by atoms with van der Waals surface area (Å²) < 4.78 is 4.81. The van der Waals surface area contributed by atoms with Gasteiger partial charge in [-0.25, -0.2) is 4.79 Å². The number of aromatic amines is 1. The van der Waals surface area contributed by atoms with Crippen molar-refractivity contribution in [3.63, 3.8) is 0 Å². The zero-order valence-electron chi connectivity index (χ0n) is 15.1. The van der Waals surface area contributed by atoms with E-state index in [0.29, 0.717) is 28.2 Å². The lowest BCUT2D eigenvalue weighted by atomic mass is 10.2. The van der Waals surface area contributed by atoms with Crippen molar-refractivity contribution in [1.82, 2.24) is 14.8 Å². The molecule has 3 rings (SSSR count). The number of esters is 1. The number of carbonyl (C=O) groups is 2. The molecule has 0 aliphatic carbocycles. The van der Waals surface area contributed by atoms with E-state index in [1.807, 2.05) is 4.90 Å². The van der Waals surface area contributed by atoms with Gasteiger partial charge in [-0.3, -0.25) is 14.6 Å². The predicted molar refractivity (Wildman–Crippen MR) is 103 cm³/mol. The van der Waals surface area contributed by atoms with E-state index in [9.17, 15) is 9.59 Å². The van der Waals surface area contributed by atoms with Crippen LogP contribution < -0.4 is 5.32 Å². The molecule has 146 valence electrons. The average Bonchev–Trinajstić information content (AvgIpc) is 3.00. The van der Waals surface area contributed by atoms with Crippen molar-refractivity contribution < 1.29 is 19.4 Å². The second kappa shape index (κ2) is 8.71. The number of hydrogen-bond donors (Lipinski definition) is 3. The Labute approximate surface area is 162 Å². The van der Waals surface area contributed by atoms with Crippen molar-refractivity contribution in [2.75, 3.05) is 58.3 Å². The number of rotatable bonds is 6. The lowest BCUT2D eigenvalue weighted by Crippen LogP contribution is -2.49. The second-order valence-electron chi connectivity index (χ2n) is 6.45. The van der Waals surface area contributed by atoms with Gasteiger partial charge >= 0.3 is 5.97 Å². The molecule has 8 nitrogen and oxygen atoms in total. The number of methoxy groups -OCH3 is 1. The van der Waals surface area contributed by atoms with Gasteiger partial charge in [-0.1, -0.05) is 11.6 Å². The molecule has 2 heterocycles. The number of benzene rings is 1. The van der Waals surface area contributed by atoms with Crippen molar-refractivity contribution in [3.8, 4) is 0 Å². The van der Waals surface area contributed by atoms with Crippen molar-refractivity contribution >= 4 is 40.1 Å². The van der Waals surface area contributed by atoms with Gasteiger partial charge in [0.25, 0.3) is 0 Å². The number of fused-ring (bicyclic) bond motifs is 1. The van der Waals surface area contributed by atoms with E-state index in [0.717, 1.165) is 26.2 Å². The van der Waals surface area contributed by atoms with Gasteiger partial charge in [-0.2, -0.15) is 0 Å². The van der Waals surface area contributed by atoms with Crippen molar-refractivity contribution in [2.45, 2.75) is 0 Å². The topological polar surface area (TPSA) is 97.9 Å². The molecule has 0 atom stereocenters. The van der Waals surface area contributed by atoms with Crippen LogP contribution in [0, 0.1) is 0 Å². The number of β-amino-alcohol motifs (C(OH)–C–C–N with tert-alkyl or cyclic N) is 1. The minimum Gasteiger partial charge on any atom is -0.464 e. The third-order valence-corrected chi connectivity index (χ3v) is 4.90. The van der Waals surface area contributed by atoms with E-state index in [-0.39, 0.29) is 24.8 Å². The number of anilines is 1. The number of piperazine rings is 1. The number of aromatic nitrogens is 1. The first-order valence-electron chi connectivity index (χ1n) is 8.76. The maximum absolute atomic E-state index is 12.6. The van der Waals surface area contributed by atoms with Gasteiger partial charge in [0.2, 0.25) is 5.91 Å². The van der Waals surface area contributed by atoms with Crippen molar-refractivity contribution in [3.05, 3.63) is 28.9 Å². The standard InChI is InChI=1S/C18H23ClN4O4/c1-27-18(26)17-16(13-10-12(19)2-3-14(13)20-17)21-15(25)11-23-6-4-22(5-7-23)8-9-24/h2-3,10,20,24H,4-9,11H2,1H3,(H,21,25). The molecule has 27 heavy (non-hydrogen) atoms. The Morgan fingerprint density at radius 2 is 1.96 bits per heavy atom. The van der Waals surface area contributed by atoms with E-state index >= 15 is 0 Å². The average molecular weight is 395 g/mol. The van der Waals surface area contributed by atoms with Crippen LogP contribution in [0.25, 0.3) is 10.9 Å². The summed E-state index contributed by atoms with van der Waals surface area (Å²) in [4.78, 5) is 31.8. The fraction of sp³-hybridized carbons (Fsp3) is 0.444. The Morgan fingerprint density at radius 1 is 1.26 bits per heavy atom. The van der Waals surface area contributed by atoms with Crippen molar-refractivity contribution in [2.24, 2.45) is 0 Å². The van der Waals surface area contributed by atoms with Crippen LogP contribution in [-0.2, 0) is 9.53 Å². The van der Waals surface area contributed by atoms with Gasteiger partial charge in [-0.15, -0.1) is 0 Å². The first-order valence-corrected chi connectivity index (χ1v) is 9.14. The van der Waals surface area contributed by atoms with Gasteiger partial charge in [0, 0.05) is 48.6 Å². The van der Waals surface area contributed by atoms with Gasteiger partial charge in [0.1, 0.15) is 5.69 Å². The molecule has 1 aromatic heterocycles. The van der Waals surface area contributed by atoms with E-state index in [4.69, 9.17) is 21.4 Å². The number of ether oxygens (including phenoxy) is 1. The molecule has 1 aliphatic heterocycles. The maximum Gasteiger partial charge on any atom is 0.356 e. The highest BCUT2D eigenvalue weighted by Gasteiger charge is 2.23. The number of amides is 1. The Hall–Kier alpha value is -2.13. The highest BCUT2D eigenvalue weighted by Crippen LogP contribution is 2.30. The first-order chi connectivity index (χ1) is 13.0. The lowest BCUT2D eigenvalue weighted by Gasteiger charge is -2.33. The molecule has 1 fully saturated rings. The molecule has 1 amide bonds. The third-order valence-electron chi connectivity index (χ3n) is 4.66. The molecule has 1 aliphatic rings. The summed E-state index contributed by atoms with van der Waals surface area (Å²) in [6.45, 7) is 4.13. The Balaban J connectivity index is 1.72. The van der Waals surface area contributed by atoms with Gasteiger partial charge in [-0.05, 0) is 18.2 Å². The first kappa shape index (κ1) is 19.6. The summed E-state index contributed by atoms with van der Waals surface area (Å²) in [5.74, 6) is -0.771.